The molecule has 1 aromatic carbocycles. The molecule has 1 aliphatic carbocycles. The molecule has 1 saturated carbocycles. The van der Waals surface area contributed by atoms with Crippen LogP contribution in [0.4, 0.5) is 0 Å². The van der Waals surface area contributed by atoms with Gasteiger partial charge in [-0.2, -0.15) is 0 Å². The van der Waals surface area contributed by atoms with E-state index in [4.69, 9.17) is 0 Å². The number of aryl methyl sites for hydroxylation is 1. The zero-order chi connectivity index (χ0) is 16.9. The molecule has 0 atom stereocenters. The zero-order valence-electron chi connectivity index (χ0n) is 14.4. The minimum atomic E-state index is -0.548. The standard InChI is InChI=1S/C20H29NO2/c1-4-5-10-20(23)13-11-19(3,12-14-20)15-21-18(22)17-9-7-6-8-16(17)2/h4,6-9,23H,1,5,10-15H2,2-3H3,(H,21,22). The highest BCUT2D eigenvalue weighted by Gasteiger charge is 2.38. The van der Waals surface area contributed by atoms with Crippen LogP contribution < -0.4 is 5.32 Å². The maximum absolute atomic E-state index is 12.3. The lowest BCUT2D eigenvalue weighted by Gasteiger charge is -2.42. The third-order valence-electron chi connectivity index (χ3n) is 5.27. The molecule has 2 N–H and O–H groups in total. The van der Waals surface area contributed by atoms with E-state index < -0.39 is 5.60 Å². The predicted molar refractivity (Wildman–Crippen MR) is 94.5 cm³/mol. The second-order valence-electron chi connectivity index (χ2n) is 7.36. The van der Waals surface area contributed by atoms with Crippen molar-refractivity contribution in [2.24, 2.45) is 5.41 Å². The summed E-state index contributed by atoms with van der Waals surface area (Å²) >= 11 is 0. The molecule has 23 heavy (non-hydrogen) atoms. The third kappa shape index (κ3) is 4.68. The van der Waals surface area contributed by atoms with E-state index in [2.05, 4.69) is 18.8 Å². The van der Waals surface area contributed by atoms with E-state index in [1.807, 2.05) is 37.3 Å². The Morgan fingerprint density at radius 3 is 2.57 bits per heavy atom. The van der Waals surface area contributed by atoms with Crippen molar-refractivity contribution in [3.05, 3.63) is 48.0 Å². The number of hydrogen-bond acceptors (Lipinski definition) is 2. The van der Waals surface area contributed by atoms with Gasteiger partial charge in [0.25, 0.3) is 5.91 Å². The minimum absolute atomic E-state index is 0.00295. The van der Waals surface area contributed by atoms with Gasteiger partial charge in [0.2, 0.25) is 0 Å². The summed E-state index contributed by atoms with van der Waals surface area (Å²) in [5, 5.41) is 13.7. The third-order valence-corrected chi connectivity index (χ3v) is 5.27. The van der Waals surface area contributed by atoms with Crippen molar-refractivity contribution in [3.63, 3.8) is 0 Å². The van der Waals surface area contributed by atoms with E-state index in [1.165, 1.54) is 0 Å². The molecule has 0 unspecified atom stereocenters. The number of rotatable bonds is 6. The summed E-state index contributed by atoms with van der Waals surface area (Å²) in [5.41, 5.74) is 1.26. The number of hydrogen-bond donors (Lipinski definition) is 2. The van der Waals surface area contributed by atoms with Gasteiger partial charge in [0.15, 0.2) is 0 Å². The van der Waals surface area contributed by atoms with Gasteiger partial charge < -0.3 is 10.4 Å². The molecule has 0 aliphatic heterocycles. The van der Waals surface area contributed by atoms with Gasteiger partial charge in [0, 0.05) is 12.1 Å². The van der Waals surface area contributed by atoms with Crippen LogP contribution in [0.1, 0.15) is 61.4 Å². The second kappa shape index (κ2) is 7.31. The highest BCUT2D eigenvalue weighted by atomic mass is 16.3. The summed E-state index contributed by atoms with van der Waals surface area (Å²) in [5.74, 6) is -0.00295. The lowest BCUT2D eigenvalue weighted by molar-refractivity contribution is -0.0345. The Bertz CT molecular complexity index is 557. The van der Waals surface area contributed by atoms with Crippen LogP contribution in [0.2, 0.25) is 0 Å². The van der Waals surface area contributed by atoms with Crippen molar-refractivity contribution >= 4 is 5.91 Å². The summed E-state index contributed by atoms with van der Waals surface area (Å²) in [7, 11) is 0. The van der Waals surface area contributed by atoms with Gasteiger partial charge in [-0.05, 0) is 62.5 Å². The van der Waals surface area contributed by atoms with Crippen LogP contribution in [0.5, 0.6) is 0 Å². The molecule has 0 saturated heterocycles. The molecule has 3 heteroatoms. The van der Waals surface area contributed by atoms with Crippen LogP contribution in [0.25, 0.3) is 0 Å². The van der Waals surface area contributed by atoms with Crippen LogP contribution >= 0.6 is 0 Å². The van der Waals surface area contributed by atoms with Crippen molar-refractivity contribution in [3.8, 4) is 0 Å². The molecule has 2 rings (SSSR count). The number of allylic oxidation sites excluding steroid dienone is 1. The Balaban J connectivity index is 1.88. The Morgan fingerprint density at radius 1 is 1.30 bits per heavy atom. The van der Waals surface area contributed by atoms with Crippen molar-refractivity contribution < 1.29 is 9.90 Å². The Kier molecular flexibility index (Phi) is 5.64. The summed E-state index contributed by atoms with van der Waals surface area (Å²) in [6.07, 6.45) is 7.01. The first-order chi connectivity index (χ1) is 10.9. The molecule has 1 aliphatic rings. The van der Waals surface area contributed by atoms with Crippen LogP contribution in [0.3, 0.4) is 0 Å². The van der Waals surface area contributed by atoms with Gasteiger partial charge in [0.1, 0.15) is 0 Å². The molecular formula is C20H29NO2. The second-order valence-corrected chi connectivity index (χ2v) is 7.36. The molecule has 126 valence electrons. The van der Waals surface area contributed by atoms with Gasteiger partial charge in [-0.1, -0.05) is 31.2 Å². The summed E-state index contributed by atoms with van der Waals surface area (Å²) in [6.45, 7) is 8.56. The monoisotopic (exact) mass is 315 g/mol. The average molecular weight is 315 g/mol. The largest absolute Gasteiger partial charge is 0.390 e. The van der Waals surface area contributed by atoms with Crippen LogP contribution in [-0.2, 0) is 0 Å². The molecule has 0 heterocycles. The molecule has 0 aromatic heterocycles. The molecule has 0 radical (unpaired) electrons. The number of aliphatic hydroxyl groups is 1. The smallest absolute Gasteiger partial charge is 0.251 e. The number of amides is 1. The van der Waals surface area contributed by atoms with Crippen molar-refractivity contribution in [2.45, 2.75) is 58.0 Å². The number of nitrogens with one attached hydrogen (secondary N) is 1. The highest BCUT2D eigenvalue weighted by Crippen LogP contribution is 2.42. The van der Waals surface area contributed by atoms with Crippen LogP contribution in [0, 0.1) is 12.3 Å². The van der Waals surface area contributed by atoms with Crippen LogP contribution in [0.15, 0.2) is 36.9 Å². The van der Waals surface area contributed by atoms with Crippen LogP contribution in [-0.4, -0.2) is 23.2 Å². The summed E-state index contributed by atoms with van der Waals surface area (Å²) in [4.78, 5) is 12.3. The Labute approximate surface area is 139 Å². The fraction of sp³-hybridized carbons (Fsp3) is 0.550. The van der Waals surface area contributed by atoms with Crippen molar-refractivity contribution in [1.82, 2.24) is 5.32 Å². The molecule has 0 bridgehead atoms. The van der Waals surface area contributed by atoms with Crippen molar-refractivity contribution in [1.29, 1.82) is 0 Å². The maximum Gasteiger partial charge on any atom is 0.251 e. The van der Waals surface area contributed by atoms with E-state index in [0.717, 1.165) is 49.7 Å². The molecule has 0 spiro atoms. The number of carbonyl (C=O) groups is 1. The first-order valence-electron chi connectivity index (χ1n) is 8.55. The first kappa shape index (κ1) is 17.7. The Morgan fingerprint density at radius 2 is 1.96 bits per heavy atom. The van der Waals surface area contributed by atoms with Gasteiger partial charge in [-0.15, -0.1) is 6.58 Å². The Hall–Kier alpha value is -1.61. The highest BCUT2D eigenvalue weighted by molar-refractivity contribution is 5.95. The quantitative estimate of drug-likeness (QED) is 0.780. The normalized spacial score (nSPS) is 27.4. The first-order valence-corrected chi connectivity index (χ1v) is 8.55. The topological polar surface area (TPSA) is 49.3 Å². The lowest BCUT2D eigenvalue weighted by Crippen LogP contribution is -2.43. The maximum atomic E-state index is 12.3. The fourth-order valence-electron chi connectivity index (χ4n) is 3.33. The van der Waals surface area contributed by atoms with E-state index in [-0.39, 0.29) is 11.3 Å². The van der Waals surface area contributed by atoms with Gasteiger partial charge in [0.05, 0.1) is 5.60 Å². The van der Waals surface area contributed by atoms with Gasteiger partial charge in [-0.3, -0.25) is 4.79 Å². The predicted octanol–water partition coefficient (Wildman–Crippen LogP) is 4.00. The van der Waals surface area contributed by atoms with E-state index in [0.29, 0.717) is 6.54 Å². The number of benzene rings is 1. The molecule has 1 fully saturated rings. The van der Waals surface area contributed by atoms with E-state index in [9.17, 15) is 9.90 Å². The number of carbonyl (C=O) groups excluding carboxylic acids is 1. The molecule has 1 aromatic rings. The summed E-state index contributed by atoms with van der Waals surface area (Å²) < 4.78 is 0. The van der Waals surface area contributed by atoms with E-state index in [1.54, 1.807) is 0 Å². The minimum Gasteiger partial charge on any atom is -0.390 e. The van der Waals surface area contributed by atoms with Gasteiger partial charge >= 0.3 is 0 Å². The lowest BCUT2D eigenvalue weighted by atomic mass is 9.68. The SMILES string of the molecule is C=CCCC1(O)CCC(C)(CNC(=O)c2ccccc2C)CC1. The molecule has 3 nitrogen and oxygen atoms in total. The summed E-state index contributed by atoms with van der Waals surface area (Å²) in [6, 6.07) is 7.65. The average Bonchev–Trinajstić information content (AvgIpc) is 2.55. The van der Waals surface area contributed by atoms with E-state index >= 15 is 0 Å². The van der Waals surface area contributed by atoms with Crippen molar-refractivity contribution in [2.75, 3.05) is 6.54 Å². The molecular weight excluding hydrogens is 286 g/mol. The van der Waals surface area contributed by atoms with Gasteiger partial charge in [-0.25, -0.2) is 0 Å². The fourth-order valence-corrected chi connectivity index (χ4v) is 3.33. The molecule has 1 amide bonds. The zero-order valence-corrected chi connectivity index (χ0v) is 14.4.